The van der Waals surface area contributed by atoms with Crippen molar-refractivity contribution in [3.05, 3.63) is 59.9 Å². The number of carbonyl (C=O) groups excluding carboxylic acids is 2. The summed E-state index contributed by atoms with van der Waals surface area (Å²) in [7, 11) is 0. The Morgan fingerprint density at radius 2 is 1.89 bits per heavy atom. The molecule has 1 saturated heterocycles. The van der Waals surface area contributed by atoms with Crippen molar-refractivity contribution in [2.45, 2.75) is 11.8 Å². The number of hydrogen-bond acceptors (Lipinski definition) is 3. The van der Waals surface area contributed by atoms with Crippen molar-refractivity contribution in [3.8, 4) is 0 Å². The van der Waals surface area contributed by atoms with Crippen molar-refractivity contribution in [3.63, 3.8) is 0 Å². The van der Waals surface area contributed by atoms with Gasteiger partial charge in [-0.1, -0.05) is 24.3 Å². The molecule has 0 saturated carbocycles. The zero-order valence-electron chi connectivity index (χ0n) is 15.9. The number of anilines is 1. The SMILES string of the molecule is Cc1ccccc1SCC(=O)N1CC[NH+](CC(=O)Nc2cccc(F)c2)CC1. The zero-order chi connectivity index (χ0) is 19.9. The van der Waals surface area contributed by atoms with Gasteiger partial charge in [0, 0.05) is 10.6 Å². The van der Waals surface area contributed by atoms with Crippen LogP contribution < -0.4 is 10.2 Å². The van der Waals surface area contributed by atoms with Gasteiger partial charge in [-0.15, -0.1) is 11.8 Å². The molecule has 1 aliphatic rings. The predicted molar refractivity (Wildman–Crippen MR) is 109 cm³/mol. The first kappa shape index (κ1) is 20.4. The molecule has 0 spiro atoms. The molecule has 2 amide bonds. The number of halogens is 1. The monoisotopic (exact) mass is 402 g/mol. The number of piperazine rings is 1. The van der Waals surface area contributed by atoms with E-state index in [4.69, 9.17) is 0 Å². The smallest absolute Gasteiger partial charge is 0.279 e. The van der Waals surface area contributed by atoms with E-state index in [1.165, 1.54) is 17.7 Å². The Balaban J connectivity index is 1.40. The lowest BCUT2D eigenvalue weighted by Gasteiger charge is -2.31. The van der Waals surface area contributed by atoms with E-state index in [1.807, 2.05) is 36.1 Å². The van der Waals surface area contributed by atoms with E-state index >= 15 is 0 Å². The molecule has 0 radical (unpaired) electrons. The highest BCUT2D eigenvalue weighted by molar-refractivity contribution is 8.00. The second-order valence-corrected chi connectivity index (χ2v) is 7.94. The predicted octanol–water partition coefficient (Wildman–Crippen LogP) is 1.59. The van der Waals surface area contributed by atoms with Crippen LogP contribution in [0.1, 0.15) is 5.56 Å². The fraction of sp³-hybridized carbons (Fsp3) is 0.333. The molecule has 28 heavy (non-hydrogen) atoms. The average Bonchev–Trinajstić information content (AvgIpc) is 2.67. The number of rotatable bonds is 6. The van der Waals surface area contributed by atoms with Crippen LogP contribution in [0, 0.1) is 12.7 Å². The highest BCUT2D eigenvalue weighted by Crippen LogP contribution is 2.22. The number of amides is 2. The molecule has 2 aromatic carbocycles. The number of nitrogens with one attached hydrogen (secondary N) is 2. The van der Waals surface area contributed by atoms with Crippen molar-refractivity contribution < 1.29 is 18.9 Å². The van der Waals surface area contributed by atoms with Gasteiger partial charge in [0.2, 0.25) is 5.91 Å². The van der Waals surface area contributed by atoms with Crippen LogP contribution in [-0.2, 0) is 9.59 Å². The highest BCUT2D eigenvalue weighted by atomic mass is 32.2. The summed E-state index contributed by atoms with van der Waals surface area (Å²) in [5.41, 5.74) is 1.64. The Kier molecular flexibility index (Phi) is 7.06. The third kappa shape index (κ3) is 5.81. The van der Waals surface area contributed by atoms with Crippen molar-refractivity contribution in [2.24, 2.45) is 0 Å². The number of carbonyl (C=O) groups is 2. The molecule has 7 heteroatoms. The summed E-state index contributed by atoms with van der Waals surface area (Å²) < 4.78 is 13.2. The number of quaternary nitrogens is 1. The molecule has 0 unspecified atom stereocenters. The van der Waals surface area contributed by atoms with Gasteiger partial charge < -0.3 is 15.1 Å². The summed E-state index contributed by atoms with van der Waals surface area (Å²) >= 11 is 1.57. The Labute approximate surface area is 168 Å². The van der Waals surface area contributed by atoms with Gasteiger partial charge in [0.15, 0.2) is 6.54 Å². The highest BCUT2D eigenvalue weighted by Gasteiger charge is 2.25. The van der Waals surface area contributed by atoms with Crippen LogP contribution >= 0.6 is 11.8 Å². The Bertz CT molecular complexity index is 838. The lowest BCUT2D eigenvalue weighted by molar-refractivity contribution is -0.895. The fourth-order valence-electron chi connectivity index (χ4n) is 3.20. The van der Waals surface area contributed by atoms with E-state index in [2.05, 4.69) is 5.32 Å². The van der Waals surface area contributed by atoms with Crippen LogP contribution in [0.3, 0.4) is 0 Å². The molecule has 0 aromatic heterocycles. The van der Waals surface area contributed by atoms with Gasteiger partial charge in [-0.3, -0.25) is 9.59 Å². The minimum Gasteiger partial charge on any atom is -0.331 e. The Morgan fingerprint density at radius 1 is 1.14 bits per heavy atom. The maximum absolute atomic E-state index is 13.2. The summed E-state index contributed by atoms with van der Waals surface area (Å²) in [5.74, 6) is 0.0492. The normalized spacial score (nSPS) is 14.7. The second kappa shape index (κ2) is 9.71. The molecule has 3 rings (SSSR count). The number of benzene rings is 2. The summed E-state index contributed by atoms with van der Waals surface area (Å²) in [6, 6.07) is 13.9. The summed E-state index contributed by atoms with van der Waals surface area (Å²) in [6.07, 6.45) is 0. The van der Waals surface area contributed by atoms with Crippen LogP contribution in [0.4, 0.5) is 10.1 Å². The lowest BCUT2D eigenvalue weighted by Crippen LogP contribution is -3.15. The molecular formula is C21H25FN3O2S+. The van der Waals surface area contributed by atoms with Crippen LogP contribution in [0.25, 0.3) is 0 Å². The third-order valence-electron chi connectivity index (χ3n) is 4.79. The lowest BCUT2D eigenvalue weighted by atomic mass is 10.2. The summed E-state index contributed by atoms with van der Waals surface area (Å²) in [6.45, 7) is 5.13. The van der Waals surface area contributed by atoms with Crippen LogP contribution in [0.2, 0.25) is 0 Å². The van der Waals surface area contributed by atoms with E-state index in [9.17, 15) is 14.0 Å². The molecule has 2 N–H and O–H groups in total. The van der Waals surface area contributed by atoms with Gasteiger partial charge in [-0.25, -0.2) is 4.39 Å². The molecule has 2 aromatic rings. The molecule has 1 aliphatic heterocycles. The molecule has 5 nitrogen and oxygen atoms in total. The van der Waals surface area contributed by atoms with E-state index in [0.717, 1.165) is 22.9 Å². The number of hydrogen-bond donors (Lipinski definition) is 2. The van der Waals surface area contributed by atoms with E-state index in [-0.39, 0.29) is 17.6 Å². The van der Waals surface area contributed by atoms with Crippen LogP contribution in [-0.4, -0.2) is 55.2 Å². The Morgan fingerprint density at radius 3 is 2.61 bits per heavy atom. The topological polar surface area (TPSA) is 53.9 Å². The third-order valence-corrected chi connectivity index (χ3v) is 5.95. The molecule has 0 atom stereocenters. The molecule has 1 heterocycles. The zero-order valence-corrected chi connectivity index (χ0v) is 16.7. The maximum atomic E-state index is 13.2. The fourth-order valence-corrected chi connectivity index (χ4v) is 4.13. The molecular weight excluding hydrogens is 377 g/mol. The number of aryl methyl sites for hydroxylation is 1. The van der Waals surface area contributed by atoms with E-state index in [0.29, 0.717) is 31.1 Å². The summed E-state index contributed by atoms with van der Waals surface area (Å²) in [4.78, 5) is 28.8. The summed E-state index contributed by atoms with van der Waals surface area (Å²) in [5, 5.41) is 2.72. The first-order valence-electron chi connectivity index (χ1n) is 9.36. The Hall–Kier alpha value is -2.38. The van der Waals surface area contributed by atoms with Gasteiger partial charge in [0.25, 0.3) is 5.91 Å². The van der Waals surface area contributed by atoms with Gasteiger partial charge >= 0.3 is 0 Å². The van der Waals surface area contributed by atoms with E-state index in [1.54, 1.807) is 23.9 Å². The average molecular weight is 403 g/mol. The maximum Gasteiger partial charge on any atom is 0.279 e. The van der Waals surface area contributed by atoms with Crippen LogP contribution in [0.15, 0.2) is 53.4 Å². The first-order valence-corrected chi connectivity index (χ1v) is 10.3. The van der Waals surface area contributed by atoms with Crippen LogP contribution in [0.5, 0.6) is 0 Å². The van der Waals surface area contributed by atoms with Gasteiger partial charge in [-0.05, 0) is 36.8 Å². The van der Waals surface area contributed by atoms with E-state index < -0.39 is 0 Å². The quantitative estimate of drug-likeness (QED) is 0.722. The molecule has 148 valence electrons. The molecule has 0 aliphatic carbocycles. The van der Waals surface area contributed by atoms with Gasteiger partial charge in [0.1, 0.15) is 5.82 Å². The van der Waals surface area contributed by atoms with Gasteiger partial charge in [-0.2, -0.15) is 0 Å². The largest absolute Gasteiger partial charge is 0.331 e. The van der Waals surface area contributed by atoms with Crippen molar-refractivity contribution in [2.75, 3.05) is 43.8 Å². The minimum absolute atomic E-state index is 0.136. The first-order chi connectivity index (χ1) is 13.5. The van der Waals surface area contributed by atoms with Crippen molar-refractivity contribution in [1.29, 1.82) is 0 Å². The molecule has 1 fully saturated rings. The minimum atomic E-state index is -0.374. The second-order valence-electron chi connectivity index (χ2n) is 6.92. The van der Waals surface area contributed by atoms with Crippen molar-refractivity contribution in [1.82, 2.24) is 4.90 Å². The number of thioether (sulfide) groups is 1. The standard InChI is InChI=1S/C21H24FN3O2S/c1-16-5-2-3-8-19(16)28-15-21(27)25-11-9-24(10-12-25)14-20(26)23-18-7-4-6-17(22)13-18/h2-8,13H,9-12,14-15H2,1H3,(H,23,26)/p+1. The van der Waals surface area contributed by atoms with Gasteiger partial charge in [0.05, 0.1) is 31.9 Å². The van der Waals surface area contributed by atoms with Crippen molar-refractivity contribution >= 4 is 29.3 Å². The number of nitrogens with zero attached hydrogens (tertiary/aromatic N) is 1. The molecule has 0 bridgehead atoms.